The number of hydrogen-bond acceptors (Lipinski definition) is 0. The molecule has 0 heterocycles. The van der Waals surface area contributed by atoms with E-state index >= 15 is 0 Å². The fraction of sp³-hybridized carbons (Fsp3) is 0.818. The Morgan fingerprint density at radius 1 is 0.391 bits per heavy atom. The van der Waals surface area contributed by atoms with Gasteiger partial charge in [0.15, 0.2) is 0 Å². The standard InChI is InChI=1S/C18H33P.2C2H4/c1-4-10-16(11-5-1)19(17-12-6-2-7-13-17)18-14-8-3-9-15-18;2*1-2/h16-18H,1-15H2;2*1-2H2. The van der Waals surface area contributed by atoms with Crippen LogP contribution in [0.3, 0.4) is 0 Å². The van der Waals surface area contributed by atoms with E-state index in [0.29, 0.717) is 7.92 Å². The molecular formula is C22H41P. The molecule has 134 valence electrons. The van der Waals surface area contributed by atoms with Crippen molar-refractivity contribution in [2.75, 3.05) is 0 Å². The quantitative estimate of drug-likeness (QED) is 0.361. The summed E-state index contributed by atoms with van der Waals surface area (Å²) in [5.41, 5.74) is 3.57. The highest BCUT2D eigenvalue weighted by atomic mass is 31.1. The second-order valence-corrected chi connectivity index (χ2v) is 10.4. The Labute approximate surface area is 148 Å². The predicted octanol–water partition coefficient (Wildman–Crippen LogP) is 8.07. The van der Waals surface area contributed by atoms with Crippen LogP contribution >= 0.6 is 7.92 Å². The van der Waals surface area contributed by atoms with E-state index < -0.39 is 0 Å². The molecule has 0 atom stereocenters. The van der Waals surface area contributed by atoms with Crippen LogP contribution < -0.4 is 0 Å². The first-order valence-electron chi connectivity index (χ1n) is 10.2. The second-order valence-electron chi connectivity index (χ2n) is 7.32. The molecule has 0 unspecified atom stereocenters. The smallest absolute Gasteiger partial charge is 0.0204 e. The molecule has 0 aromatic carbocycles. The summed E-state index contributed by atoms with van der Waals surface area (Å²) in [7, 11) is 0.385. The van der Waals surface area contributed by atoms with Crippen LogP contribution in [-0.2, 0) is 0 Å². The van der Waals surface area contributed by atoms with Crippen LogP contribution in [0.2, 0.25) is 0 Å². The molecule has 0 nitrogen and oxygen atoms in total. The molecule has 0 N–H and O–H groups in total. The van der Waals surface area contributed by atoms with Crippen LogP contribution in [0.4, 0.5) is 0 Å². The van der Waals surface area contributed by atoms with Gasteiger partial charge >= 0.3 is 0 Å². The predicted molar refractivity (Wildman–Crippen MR) is 110 cm³/mol. The molecule has 3 aliphatic carbocycles. The highest BCUT2D eigenvalue weighted by Gasteiger charge is 2.36. The Morgan fingerprint density at radius 3 is 0.826 bits per heavy atom. The van der Waals surface area contributed by atoms with Crippen molar-refractivity contribution in [1.82, 2.24) is 0 Å². The van der Waals surface area contributed by atoms with Crippen molar-refractivity contribution in [2.45, 2.75) is 113 Å². The van der Waals surface area contributed by atoms with Crippen LogP contribution in [-0.4, -0.2) is 17.0 Å². The van der Waals surface area contributed by atoms with Gasteiger partial charge in [0.2, 0.25) is 0 Å². The third kappa shape index (κ3) is 6.74. The summed E-state index contributed by atoms with van der Waals surface area (Å²) in [6.45, 7) is 12.0. The number of hydrogen-bond donors (Lipinski definition) is 0. The molecule has 23 heavy (non-hydrogen) atoms. The van der Waals surface area contributed by atoms with E-state index in [1.165, 1.54) is 36.2 Å². The summed E-state index contributed by atoms with van der Waals surface area (Å²) in [6, 6.07) is 0. The molecule has 0 aromatic rings. The minimum absolute atomic E-state index is 0.385. The summed E-state index contributed by atoms with van der Waals surface area (Å²) >= 11 is 0. The maximum atomic E-state index is 3.00. The van der Waals surface area contributed by atoms with Crippen LogP contribution in [0.1, 0.15) is 96.3 Å². The molecule has 0 aliphatic heterocycles. The van der Waals surface area contributed by atoms with Crippen molar-refractivity contribution in [2.24, 2.45) is 0 Å². The zero-order chi connectivity index (χ0) is 16.9. The van der Waals surface area contributed by atoms with Crippen LogP contribution in [0, 0.1) is 0 Å². The largest absolute Gasteiger partial charge is 0.106 e. The number of rotatable bonds is 3. The third-order valence-corrected chi connectivity index (χ3v) is 10.1. The molecule has 0 amide bonds. The molecule has 0 spiro atoms. The highest BCUT2D eigenvalue weighted by Crippen LogP contribution is 2.61. The molecule has 0 aromatic heterocycles. The van der Waals surface area contributed by atoms with Crippen LogP contribution in [0.15, 0.2) is 26.3 Å². The van der Waals surface area contributed by atoms with Gasteiger partial charge in [0.05, 0.1) is 0 Å². The van der Waals surface area contributed by atoms with Crippen molar-refractivity contribution >= 4 is 7.92 Å². The zero-order valence-electron chi connectivity index (χ0n) is 15.6. The molecule has 0 saturated heterocycles. The molecule has 3 aliphatic rings. The van der Waals surface area contributed by atoms with E-state index in [0.717, 1.165) is 0 Å². The van der Waals surface area contributed by atoms with Crippen molar-refractivity contribution in [3.05, 3.63) is 26.3 Å². The normalized spacial score (nSPS) is 24.2. The third-order valence-electron chi connectivity index (χ3n) is 5.99. The summed E-state index contributed by atoms with van der Waals surface area (Å²) in [4.78, 5) is 0. The first-order chi connectivity index (χ1) is 11.4. The van der Waals surface area contributed by atoms with Gasteiger partial charge in [-0.2, -0.15) is 0 Å². The SMILES string of the molecule is C1CCC(P(C2CCCCC2)C2CCCCC2)CC1.C=C.C=C. The molecule has 3 fully saturated rings. The Hall–Kier alpha value is -0.0900. The van der Waals surface area contributed by atoms with Crippen molar-refractivity contribution in [3.8, 4) is 0 Å². The Morgan fingerprint density at radius 2 is 0.609 bits per heavy atom. The van der Waals surface area contributed by atoms with E-state index in [2.05, 4.69) is 26.3 Å². The topological polar surface area (TPSA) is 0 Å². The lowest BCUT2D eigenvalue weighted by molar-refractivity contribution is 0.460. The Balaban J connectivity index is 0.000000615. The molecule has 1 heteroatoms. The van der Waals surface area contributed by atoms with Gasteiger partial charge in [0.25, 0.3) is 0 Å². The van der Waals surface area contributed by atoms with E-state index in [4.69, 9.17) is 0 Å². The summed E-state index contributed by atoms with van der Waals surface area (Å²) in [6.07, 6.45) is 23.6. The van der Waals surface area contributed by atoms with Gasteiger partial charge in [0.1, 0.15) is 0 Å². The van der Waals surface area contributed by atoms with Crippen molar-refractivity contribution in [3.63, 3.8) is 0 Å². The zero-order valence-corrected chi connectivity index (χ0v) is 16.5. The summed E-state index contributed by atoms with van der Waals surface area (Å²) in [5, 5.41) is 0. The van der Waals surface area contributed by atoms with Gasteiger partial charge in [0, 0.05) is 0 Å². The van der Waals surface area contributed by atoms with Gasteiger partial charge in [-0.1, -0.05) is 65.7 Å². The minimum atomic E-state index is 0.385. The molecule has 0 radical (unpaired) electrons. The van der Waals surface area contributed by atoms with Gasteiger partial charge in [-0.15, -0.1) is 26.3 Å². The maximum absolute atomic E-state index is 3.00. The van der Waals surface area contributed by atoms with Gasteiger partial charge in [-0.25, -0.2) is 0 Å². The van der Waals surface area contributed by atoms with E-state index in [1.807, 2.05) is 0 Å². The van der Waals surface area contributed by atoms with Crippen LogP contribution in [0.25, 0.3) is 0 Å². The molecule has 3 saturated carbocycles. The monoisotopic (exact) mass is 336 g/mol. The lowest BCUT2D eigenvalue weighted by Gasteiger charge is -2.44. The average Bonchev–Trinajstić information content (AvgIpc) is 2.68. The highest BCUT2D eigenvalue weighted by molar-refractivity contribution is 7.59. The fourth-order valence-electron chi connectivity index (χ4n) is 5.03. The first-order valence-corrected chi connectivity index (χ1v) is 11.8. The summed E-state index contributed by atoms with van der Waals surface area (Å²) < 4.78 is 0. The van der Waals surface area contributed by atoms with E-state index in [1.54, 1.807) is 77.0 Å². The lowest BCUT2D eigenvalue weighted by Crippen LogP contribution is -2.28. The molecular weight excluding hydrogens is 295 g/mol. The van der Waals surface area contributed by atoms with Gasteiger partial charge in [-0.3, -0.25) is 0 Å². The first kappa shape index (κ1) is 21.0. The fourth-order valence-corrected chi connectivity index (χ4v) is 9.71. The minimum Gasteiger partial charge on any atom is -0.106 e. The van der Waals surface area contributed by atoms with E-state index in [-0.39, 0.29) is 0 Å². The molecule has 3 rings (SSSR count). The maximum Gasteiger partial charge on any atom is -0.0204 e. The van der Waals surface area contributed by atoms with Crippen molar-refractivity contribution in [1.29, 1.82) is 0 Å². The Bertz CT molecular complexity index is 225. The van der Waals surface area contributed by atoms with Crippen molar-refractivity contribution < 1.29 is 0 Å². The summed E-state index contributed by atoms with van der Waals surface area (Å²) in [5.74, 6) is 0. The van der Waals surface area contributed by atoms with Crippen LogP contribution in [0.5, 0.6) is 0 Å². The lowest BCUT2D eigenvalue weighted by atomic mass is 9.99. The second kappa shape index (κ2) is 13.2. The van der Waals surface area contributed by atoms with Gasteiger partial charge < -0.3 is 0 Å². The molecule has 0 bridgehead atoms. The average molecular weight is 337 g/mol. The van der Waals surface area contributed by atoms with Gasteiger partial charge in [-0.05, 0) is 55.5 Å². The Kier molecular flexibility index (Phi) is 12.1. The van der Waals surface area contributed by atoms with E-state index in [9.17, 15) is 0 Å².